The summed E-state index contributed by atoms with van der Waals surface area (Å²) in [5, 5.41) is 0. The summed E-state index contributed by atoms with van der Waals surface area (Å²) in [4.78, 5) is 0. The molecular weight excluding hydrogens is 382 g/mol. The van der Waals surface area contributed by atoms with Crippen LogP contribution in [0.3, 0.4) is 0 Å². The highest BCUT2D eigenvalue weighted by Gasteiger charge is 2.27. The summed E-state index contributed by atoms with van der Waals surface area (Å²) in [6.07, 6.45) is 0.799. The van der Waals surface area contributed by atoms with Crippen LogP contribution in [-0.2, 0) is 0 Å². The maximum atomic E-state index is 6.29. The van der Waals surface area contributed by atoms with E-state index in [0.717, 1.165) is 32.2 Å². The van der Waals surface area contributed by atoms with Gasteiger partial charge in [0, 0.05) is 27.0 Å². The van der Waals surface area contributed by atoms with Crippen molar-refractivity contribution in [2.75, 3.05) is 0 Å². The number of rotatable bonds is 1. The van der Waals surface area contributed by atoms with Crippen LogP contribution in [0.25, 0.3) is 0 Å². The van der Waals surface area contributed by atoms with Crippen LogP contribution in [0.5, 0.6) is 5.75 Å². The Balaban J connectivity index is 1.96. The van der Waals surface area contributed by atoms with Crippen molar-refractivity contribution in [3.05, 3.63) is 62.0 Å². The van der Waals surface area contributed by atoms with Gasteiger partial charge >= 0.3 is 0 Å². The van der Waals surface area contributed by atoms with Crippen LogP contribution in [0.2, 0.25) is 0 Å². The van der Waals surface area contributed by atoms with E-state index in [1.807, 2.05) is 18.2 Å². The van der Waals surface area contributed by atoms with Gasteiger partial charge in [0.15, 0.2) is 0 Å². The molecule has 0 radical (unpaired) electrons. The molecule has 0 spiro atoms. The lowest BCUT2D eigenvalue weighted by molar-refractivity contribution is 0.161. The smallest absolute Gasteiger partial charge is 0.126 e. The Bertz CT molecular complexity index is 657. The number of ether oxygens (including phenoxy) is 1. The van der Waals surface area contributed by atoms with Crippen molar-refractivity contribution < 1.29 is 4.74 Å². The Hall–Kier alpha value is -0.840. The summed E-state index contributed by atoms with van der Waals surface area (Å²) >= 11 is 7.06. The molecule has 2 nitrogen and oxygen atoms in total. The van der Waals surface area contributed by atoms with Gasteiger partial charge in [0.1, 0.15) is 11.9 Å². The third-order valence-corrected chi connectivity index (χ3v) is 5.03. The van der Waals surface area contributed by atoms with Crippen LogP contribution in [-0.4, -0.2) is 0 Å². The summed E-state index contributed by atoms with van der Waals surface area (Å²) in [6, 6.07) is 12.4. The third kappa shape index (κ3) is 2.65. The van der Waals surface area contributed by atoms with Gasteiger partial charge in [0.25, 0.3) is 0 Å². The Morgan fingerprint density at radius 3 is 2.70 bits per heavy atom. The molecule has 1 unspecified atom stereocenters. The highest BCUT2D eigenvalue weighted by atomic mass is 79.9. The van der Waals surface area contributed by atoms with Crippen molar-refractivity contribution in [2.24, 2.45) is 5.73 Å². The van der Waals surface area contributed by atoms with Crippen molar-refractivity contribution >= 4 is 31.9 Å². The van der Waals surface area contributed by atoms with E-state index in [0.29, 0.717) is 0 Å². The summed E-state index contributed by atoms with van der Waals surface area (Å²) in [6.45, 7) is 2.08. The molecule has 0 aromatic heterocycles. The summed E-state index contributed by atoms with van der Waals surface area (Å²) in [5.74, 6) is 0.875. The Morgan fingerprint density at radius 1 is 1.15 bits per heavy atom. The van der Waals surface area contributed by atoms with Crippen molar-refractivity contribution in [1.82, 2.24) is 0 Å². The molecule has 2 N–H and O–H groups in total. The molecule has 4 heteroatoms. The maximum Gasteiger partial charge on any atom is 0.126 e. The minimum absolute atomic E-state index is 0.00343. The van der Waals surface area contributed by atoms with Crippen molar-refractivity contribution in [3.8, 4) is 5.75 Å². The van der Waals surface area contributed by atoms with Gasteiger partial charge in [-0.2, -0.15) is 0 Å². The van der Waals surface area contributed by atoms with E-state index in [2.05, 4.69) is 57.0 Å². The zero-order valence-corrected chi connectivity index (χ0v) is 14.2. The predicted molar refractivity (Wildman–Crippen MR) is 87.9 cm³/mol. The summed E-state index contributed by atoms with van der Waals surface area (Å²) < 4.78 is 8.25. The van der Waals surface area contributed by atoms with Gasteiger partial charge in [0.2, 0.25) is 0 Å². The maximum absolute atomic E-state index is 6.29. The molecule has 1 aliphatic heterocycles. The minimum Gasteiger partial charge on any atom is -0.485 e. The fourth-order valence-corrected chi connectivity index (χ4v) is 3.23. The number of nitrogens with two attached hydrogens (primary N) is 1. The SMILES string of the molecule is Cc1ccc(C2C[C@H](N)c3ccc(Br)cc3O2)cc1Br. The molecule has 0 bridgehead atoms. The van der Waals surface area contributed by atoms with Crippen LogP contribution in [0, 0.1) is 6.92 Å². The first-order chi connectivity index (χ1) is 9.54. The standard InChI is InChI=1S/C16H15Br2NO/c1-9-2-3-10(6-13(9)18)15-8-14(19)12-5-4-11(17)7-16(12)20-15/h2-7,14-15H,8,19H2,1H3/t14-,15?/m0/s1. The van der Waals surface area contributed by atoms with Gasteiger partial charge in [-0.05, 0) is 36.2 Å². The number of benzene rings is 2. The first kappa shape index (κ1) is 14.1. The van der Waals surface area contributed by atoms with Gasteiger partial charge in [-0.3, -0.25) is 0 Å². The second-order valence-corrected chi connectivity index (χ2v) is 6.91. The normalized spacial score (nSPS) is 21.2. The number of hydrogen-bond acceptors (Lipinski definition) is 2. The van der Waals surface area contributed by atoms with Gasteiger partial charge in [-0.25, -0.2) is 0 Å². The zero-order chi connectivity index (χ0) is 14.3. The molecule has 0 saturated carbocycles. The van der Waals surface area contributed by atoms with Crippen molar-refractivity contribution in [3.63, 3.8) is 0 Å². The predicted octanol–water partition coefficient (Wildman–Crippen LogP) is 5.04. The van der Waals surface area contributed by atoms with Gasteiger partial charge in [0.05, 0.1) is 0 Å². The third-order valence-electron chi connectivity index (χ3n) is 3.68. The van der Waals surface area contributed by atoms with Crippen LogP contribution in [0.1, 0.15) is 35.3 Å². The molecule has 2 atom stereocenters. The average Bonchev–Trinajstić information content (AvgIpc) is 2.41. The van der Waals surface area contributed by atoms with E-state index in [1.165, 1.54) is 5.56 Å². The van der Waals surface area contributed by atoms with Gasteiger partial charge in [-0.15, -0.1) is 0 Å². The summed E-state index contributed by atoms with van der Waals surface area (Å²) in [5.41, 5.74) is 9.74. The second kappa shape index (κ2) is 5.51. The highest BCUT2D eigenvalue weighted by Crippen LogP contribution is 2.41. The molecule has 0 saturated heterocycles. The first-order valence-corrected chi connectivity index (χ1v) is 8.11. The summed E-state index contributed by atoms with van der Waals surface area (Å²) in [7, 11) is 0. The van der Waals surface area contributed by atoms with E-state index in [1.54, 1.807) is 0 Å². The number of hydrogen-bond donors (Lipinski definition) is 1. The molecular formula is C16H15Br2NO. The molecule has 3 rings (SSSR count). The Morgan fingerprint density at radius 2 is 1.95 bits per heavy atom. The monoisotopic (exact) mass is 395 g/mol. The van der Waals surface area contributed by atoms with E-state index in [9.17, 15) is 0 Å². The molecule has 104 valence electrons. The van der Waals surface area contributed by atoms with E-state index >= 15 is 0 Å². The first-order valence-electron chi connectivity index (χ1n) is 6.52. The molecule has 1 aliphatic rings. The minimum atomic E-state index is 0.00343. The van der Waals surface area contributed by atoms with E-state index in [4.69, 9.17) is 10.5 Å². The molecule has 0 fully saturated rings. The molecule has 1 heterocycles. The fourth-order valence-electron chi connectivity index (χ4n) is 2.49. The number of fused-ring (bicyclic) bond motifs is 1. The van der Waals surface area contributed by atoms with Crippen LogP contribution in [0.4, 0.5) is 0 Å². The second-order valence-electron chi connectivity index (χ2n) is 5.14. The highest BCUT2D eigenvalue weighted by molar-refractivity contribution is 9.10. The molecule has 0 aliphatic carbocycles. The topological polar surface area (TPSA) is 35.2 Å². The number of aryl methyl sites for hydroxylation is 1. The zero-order valence-electron chi connectivity index (χ0n) is 11.1. The van der Waals surface area contributed by atoms with Gasteiger partial charge in [-0.1, -0.05) is 50.1 Å². The average molecular weight is 397 g/mol. The fraction of sp³-hybridized carbons (Fsp3) is 0.250. The molecule has 20 heavy (non-hydrogen) atoms. The van der Waals surface area contributed by atoms with E-state index in [-0.39, 0.29) is 12.1 Å². The molecule has 2 aromatic carbocycles. The van der Waals surface area contributed by atoms with E-state index < -0.39 is 0 Å². The lowest BCUT2D eigenvalue weighted by atomic mass is 9.93. The van der Waals surface area contributed by atoms with Crippen LogP contribution in [0.15, 0.2) is 45.3 Å². The Labute approximate surface area is 135 Å². The molecule has 2 aromatic rings. The van der Waals surface area contributed by atoms with Gasteiger partial charge < -0.3 is 10.5 Å². The largest absolute Gasteiger partial charge is 0.485 e. The van der Waals surface area contributed by atoms with Crippen LogP contribution < -0.4 is 10.5 Å². The molecule has 0 amide bonds. The lowest BCUT2D eigenvalue weighted by Crippen LogP contribution is -2.24. The Kier molecular flexibility index (Phi) is 3.89. The quantitative estimate of drug-likeness (QED) is 0.732. The number of halogens is 2. The van der Waals surface area contributed by atoms with Crippen LogP contribution >= 0.6 is 31.9 Å². The van der Waals surface area contributed by atoms with Crippen molar-refractivity contribution in [1.29, 1.82) is 0 Å². The lowest BCUT2D eigenvalue weighted by Gasteiger charge is -2.31. The van der Waals surface area contributed by atoms with Crippen molar-refractivity contribution in [2.45, 2.75) is 25.5 Å².